The van der Waals surface area contributed by atoms with Gasteiger partial charge in [0, 0.05) is 24.4 Å². The zero-order valence-corrected chi connectivity index (χ0v) is 15.5. The van der Waals surface area contributed by atoms with Crippen molar-refractivity contribution >= 4 is 16.8 Å². The number of amides is 1. The first kappa shape index (κ1) is 18.0. The van der Waals surface area contributed by atoms with E-state index < -0.39 is 0 Å². The molecule has 1 aromatic heterocycles. The smallest absolute Gasteiger partial charge is 0.261 e. The number of para-hydroxylation sites is 1. The Labute approximate surface area is 163 Å². The Hall–Kier alpha value is -3.39. The lowest BCUT2D eigenvalue weighted by atomic mass is 10.2. The minimum Gasteiger partial charge on any atom is -0.345 e. The molecule has 4 rings (SSSR count). The summed E-state index contributed by atoms with van der Waals surface area (Å²) < 4.78 is 1.78. The maximum atomic E-state index is 12.8. The first-order valence-corrected chi connectivity index (χ1v) is 9.53. The van der Waals surface area contributed by atoms with Crippen molar-refractivity contribution in [3.8, 4) is 11.8 Å². The molecule has 5 heteroatoms. The molecule has 1 N–H and O–H groups in total. The number of fused-ring (bicyclic) bond motifs is 1. The largest absolute Gasteiger partial charge is 0.345 e. The van der Waals surface area contributed by atoms with Crippen LogP contribution in [-0.2, 0) is 11.2 Å². The van der Waals surface area contributed by atoms with Gasteiger partial charge in [0.15, 0.2) is 0 Å². The highest BCUT2D eigenvalue weighted by Gasteiger charge is 2.28. The van der Waals surface area contributed by atoms with Crippen LogP contribution in [0.1, 0.15) is 36.7 Å². The lowest BCUT2D eigenvalue weighted by molar-refractivity contribution is -0.120. The second-order valence-corrected chi connectivity index (χ2v) is 6.90. The number of carbonyl (C=O) groups excluding carboxylic acids is 1. The first-order chi connectivity index (χ1) is 13.7. The molecule has 5 nitrogen and oxygen atoms in total. The second-order valence-electron chi connectivity index (χ2n) is 6.90. The summed E-state index contributed by atoms with van der Waals surface area (Å²) in [6.45, 7) is 0.300. The van der Waals surface area contributed by atoms with Crippen LogP contribution < -0.4 is 10.9 Å². The fourth-order valence-electron chi connectivity index (χ4n) is 3.20. The van der Waals surface area contributed by atoms with Crippen LogP contribution in [-0.4, -0.2) is 22.0 Å². The van der Waals surface area contributed by atoms with E-state index in [2.05, 4.69) is 22.1 Å². The minimum atomic E-state index is -0.0906. The summed E-state index contributed by atoms with van der Waals surface area (Å²) in [5, 5.41) is 3.45. The number of nitrogens with zero attached hydrogens (tertiary/aromatic N) is 2. The van der Waals surface area contributed by atoms with Crippen LogP contribution in [0.15, 0.2) is 59.4 Å². The van der Waals surface area contributed by atoms with Crippen LogP contribution in [0.4, 0.5) is 0 Å². The van der Waals surface area contributed by atoms with Crippen LogP contribution in [0.3, 0.4) is 0 Å². The van der Waals surface area contributed by atoms with E-state index >= 15 is 0 Å². The zero-order chi connectivity index (χ0) is 19.3. The van der Waals surface area contributed by atoms with Gasteiger partial charge in [-0.1, -0.05) is 42.2 Å². The molecule has 0 spiro atoms. The Kier molecular flexibility index (Phi) is 5.20. The molecular formula is C23H21N3O2. The van der Waals surface area contributed by atoms with Crippen LogP contribution in [0, 0.1) is 11.8 Å². The highest BCUT2D eigenvalue weighted by Crippen LogP contribution is 2.34. The predicted octanol–water partition coefficient (Wildman–Crippen LogP) is 2.83. The van der Waals surface area contributed by atoms with E-state index in [-0.39, 0.29) is 23.9 Å². The van der Waals surface area contributed by atoms with Gasteiger partial charge in [-0.2, -0.15) is 0 Å². The zero-order valence-electron chi connectivity index (χ0n) is 15.5. The highest BCUT2D eigenvalue weighted by atomic mass is 16.1. The predicted molar refractivity (Wildman–Crippen MR) is 109 cm³/mol. The molecule has 0 saturated heterocycles. The Morgan fingerprint density at radius 2 is 1.86 bits per heavy atom. The van der Waals surface area contributed by atoms with E-state index in [1.54, 1.807) is 4.57 Å². The van der Waals surface area contributed by atoms with Gasteiger partial charge in [-0.15, -0.1) is 0 Å². The molecule has 1 amide bonds. The van der Waals surface area contributed by atoms with Crippen molar-refractivity contribution in [1.29, 1.82) is 0 Å². The number of nitrogens with one attached hydrogen (secondary N) is 1. The fraction of sp³-hybridized carbons (Fsp3) is 0.261. The maximum Gasteiger partial charge on any atom is 0.261 e. The summed E-state index contributed by atoms with van der Waals surface area (Å²) >= 11 is 0. The Bertz CT molecular complexity index is 1120. The summed E-state index contributed by atoms with van der Waals surface area (Å²) in [4.78, 5) is 29.7. The quantitative estimate of drug-likeness (QED) is 0.702. The summed E-state index contributed by atoms with van der Waals surface area (Å²) in [6.07, 6.45) is 2.71. The van der Waals surface area contributed by atoms with Gasteiger partial charge < -0.3 is 5.32 Å². The van der Waals surface area contributed by atoms with Gasteiger partial charge in [0.2, 0.25) is 5.91 Å². The van der Waals surface area contributed by atoms with Crippen LogP contribution in [0.5, 0.6) is 0 Å². The van der Waals surface area contributed by atoms with Gasteiger partial charge in [0.05, 0.1) is 17.4 Å². The molecule has 3 aromatic rings. The Morgan fingerprint density at radius 1 is 1.11 bits per heavy atom. The highest BCUT2D eigenvalue weighted by molar-refractivity contribution is 5.78. The van der Waals surface area contributed by atoms with E-state index in [1.807, 2.05) is 54.6 Å². The third-order valence-corrected chi connectivity index (χ3v) is 4.75. The van der Waals surface area contributed by atoms with E-state index in [4.69, 9.17) is 0 Å². The topological polar surface area (TPSA) is 64.0 Å². The SMILES string of the molecule is O=C(CCc1nc2ccccc2c(=O)n1C1CC1)NCC#Cc1ccccc1. The summed E-state index contributed by atoms with van der Waals surface area (Å²) in [7, 11) is 0. The number of benzene rings is 2. The van der Waals surface area contributed by atoms with E-state index in [0.29, 0.717) is 29.7 Å². The van der Waals surface area contributed by atoms with Gasteiger partial charge in [-0.3, -0.25) is 14.2 Å². The maximum absolute atomic E-state index is 12.8. The standard InChI is InChI=1S/C23H21N3O2/c27-22(24-16-6-9-17-7-2-1-3-8-17)15-14-21-25-20-11-5-4-10-19(20)23(28)26(21)18-12-13-18/h1-5,7-8,10-11,18H,12-16H2,(H,24,27). The summed E-state index contributed by atoms with van der Waals surface area (Å²) in [5.74, 6) is 6.56. The lowest BCUT2D eigenvalue weighted by Crippen LogP contribution is -2.27. The summed E-state index contributed by atoms with van der Waals surface area (Å²) in [5.41, 5.74) is 1.61. The molecule has 140 valence electrons. The Morgan fingerprint density at radius 3 is 2.64 bits per heavy atom. The third kappa shape index (κ3) is 4.12. The minimum absolute atomic E-state index is 0.00256. The molecule has 2 aromatic carbocycles. The van der Waals surface area contributed by atoms with Crippen molar-refractivity contribution in [1.82, 2.24) is 14.9 Å². The number of aromatic nitrogens is 2. The van der Waals surface area contributed by atoms with Crippen molar-refractivity contribution in [2.24, 2.45) is 0 Å². The van der Waals surface area contributed by atoms with E-state index in [0.717, 1.165) is 18.4 Å². The first-order valence-electron chi connectivity index (χ1n) is 9.53. The van der Waals surface area contributed by atoms with Crippen molar-refractivity contribution in [2.45, 2.75) is 31.7 Å². The molecule has 28 heavy (non-hydrogen) atoms. The van der Waals surface area contributed by atoms with Crippen LogP contribution >= 0.6 is 0 Å². The number of rotatable bonds is 5. The molecule has 1 saturated carbocycles. The van der Waals surface area contributed by atoms with Gasteiger partial charge in [-0.05, 0) is 37.1 Å². The summed E-state index contributed by atoms with van der Waals surface area (Å²) in [6, 6.07) is 17.3. The second kappa shape index (κ2) is 8.10. The number of carbonyl (C=O) groups is 1. The lowest BCUT2D eigenvalue weighted by Gasteiger charge is -2.12. The molecule has 0 unspecified atom stereocenters. The van der Waals surface area contributed by atoms with Crippen molar-refractivity contribution in [3.63, 3.8) is 0 Å². The van der Waals surface area contributed by atoms with Crippen molar-refractivity contribution in [2.75, 3.05) is 6.54 Å². The monoisotopic (exact) mass is 371 g/mol. The normalized spacial score (nSPS) is 13.0. The number of aryl methyl sites for hydroxylation is 1. The molecule has 1 aliphatic rings. The number of hydrogen-bond acceptors (Lipinski definition) is 3. The third-order valence-electron chi connectivity index (χ3n) is 4.75. The number of hydrogen-bond donors (Lipinski definition) is 1. The van der Waals surface area contributed by atoms with Crippen molar-refractivity contribution < 1.29 is 4.79 Å². The van der Waals surface area contributed by atoms with E-state index in [9.17, 15) is 9.59 Å². The molecule has 1 fully saturated rings. The van der Waals surface area contributed by atoms with Crippen LogP contribution in [0.2, 0.25) is 0 Å². The molecule has 0 radical (unpaired) electrons. The molecule has 1 heterocycles. The molecule has 1 aliphatic carbocycles. The van der Waals surface area contributed by atoms with Gasteiger partial charge in [-0.25, -0.2) is 4.98 Å². The van der Waals surface area contributed by atoms with Gasteiger partial charge in [0.1, 0.15) is 5.82 Å². The van der Waals surface area contributed by atoms with E-state index in [1.165, 1.54) is 0 Å². The Balaban J connectivity index is 1.41. The molecular weight excluding hydrogens is 350 g/mol. The molecule has 0 atom stereocenters. The average molecular weight is 371 g/mol. The average Bonchev–Trinajstić information content (AvgIpc) is 3.55. The molecule has 0 aliphatic heterocycles. The van der Waals surface area contributed by atoms with Gasteiger partial charge >= 0.3 is 0 Å². The van der Waals surface area contributed by atoms with Crippen molar-refractivity contribution in [3.05, 3.63) is 76.3 Å². The van der Waals surface area contributed by atoms with Gasteiger partial charge in [0.25, 0.3) is 5.56 Å². The molecule has 0 bridgehead atoms. The van der Waals surface area contributed by atoms with Crippen LogP contribution in [0.25, 0.3) is 10.9 Å². The fourth-order valence-corrected chi connectivity index (χ4v) is 3.20.